The van der Waals surface area contributed by atoms with Crippen molar-refractivity contribution < 1.29 is 4.39 Å². The molecule has 1 aromatic heterocycles. The third-order valence-electron chi connectivity index (χ3n) is 4.60. The maximum atomic E-state index is 13.4. The van der Waals surface area contributed by atoms with Crippen molar-refractivity contribution in [2.75, 3.05) is 13.1 Å². The minimum atomic E-state index is -0.209. The summed E-state index contributed by atoms with van der Waals surface area (Å²) in [5.41, 5.74) is 1.16. The second kappa shape index (κ2) is 6.04. The van der Waals surface area contributed by atoms with Crippen LogP contribution in [0.1, 0.15) is 24.4 Å². The Balaban J connectivity index is 1.77. The van der Waals surface area contributed by atoms with Crippen molar-refractivity contribution in [2.45, 2.75) is 18.9 Å². The summed E-state index contributed by atoms with van der Waals surface area (Å²) in [6.07, 6.45) is 3.97. The van der Waals surface area contributed by atoms with Gasteiger partial charge in [-0.25, -0.2) is 9.07 Å². The standard InChI is InChI=1S/C17H18FN5/c18-16-6-5-12-8-14(4-3-13(12)9-16)17(23-11-20-21-22-23)15-2-1-7-19-10-15/h3-6,8-9,11,15,17,19H,1-2,7,10H2/t15-,17+/m1/s1. The Hall–Kier alpha value is -2.34. The van der Waals surface area contributed by atoms with E-state index in [2.05, 4.69) is 33.0 Å². The summed E-state index contributed by atoms with van der Waals surface area (Å²) < 4.78 is 15.2. The number of nitrogens with zero attached hydrogens (tertiary/aromatic N) is 4. The number of piperidine rings is 1. The Kier molecular flexibility index (Phi) is 3.75. The molecule has 3 aromatic rings. The van der Waals surface area contributed by atoms with Crippen LogP contribution in [0.5, 0.6) is 0 Å². The summed E-state index contributed by atoms with van der Waals surface area (Å²) >= 11 is 0. The zero-order chi connectivity index (χ0) is 15.6. The molecule has 1 aliphatic rings. The smallest absolute Gasteiger partial charge is 0.138 e. The lowest BCUT2D eigenvalue weighted by molar-refractivity contribution is 0.279. The van der Waals surface area contributed by atoms with Crippen LogP contribution in [0.3, 0.4) is 0 Å². The molecule has 1 saturated heterocycles. The molecule has 0 amide bonds. The first-order chi connectivity index (χ1) is 11.3. The van der Waals surface area contributed by atoms with Gasteiger partial charge < -0.3 is 5.32 Å². The molecule has 0 radical (unpaired) electrons. The second-order valence-corrected chi connectivity index (χ2v) is 6.09. The molecule has 2 heterocycles. The lowest BCUT2D eigenvalue weighted by atomic mass is 9.86. The lowest BCUT2D eigenvalue weighted by Crippen LogP contribution is -2.36. The molecule has 5 nitrogen and oxygen atoms in total. The average molecular weight is 311 g/mol. The Bertz CT molecular complexity index is 796. The highest BCUT2D eigenvalue weighted by Crippen LogP contribution is 2.32. The maximum Gasteiger partial charge on any atom is 0.138 e. The molecule has 0 spiro atoms. The summed E-state index contributed by atoms with van der Waals surface area (Å²) in [7, 11) is 0. The van der Waals surface area contributed by atoms with Gasteiger partial charge in [0.1, 0.15) is 12.1 Å². The van der Waals surface area contributed by atoms with E-state index in [0.29, 0.717) is 5.92 Å². The fraction of sp³-hybridized carbons (Fsp3) is 0.353. The molecule has 0 saturated carbocycles. The first-order valence-corrected chi connectivity index (χ1v) is 7.94. The summed E-state index contributed by atoms with van der Waals surface area (Å²) in [6.45, 7) is 2.02. The van der Waals surface area contributed by atoms with Crippen molar-refractivity contribution in [3.8, 4) is 0 Å². The van der Waals surface area contributed by atoms with Crippen LogP contribution < -0.4 is 5.32 Å². The summed E-state index contributed by atoms with van der Waals surface area (Å²) in [4.78, 5) is 0. The number of hydrogen-bond donors (Lipinski definition) is 1. The van der Waals surface area contributed by atoms with Crippen LogP contribution in [-0.4, -0.2) is 33.3 Å². The van der Waals surface area contributed by atoms with Crippen molar-refractivity contribution in [3.05, 3.63) is 54.1 Å². The number of nitrogens with one attached hydrogen (secondary N) is 1. The first-order valence-electron chi connectivity index (χ1n) is 7.94. The van der Waals surface area contributed by atoms with Gasteiger partial charge in [0.05, 0.1) is 6.04 Å². The van der Waals surface area contributed by atoms with Crippen LogP contribution in [-0.2, 0) is 0 Å². The molecule has 2 atom stereocenters. The molecule has 1 fully saturated rings. The largest absolute Gasteiger partial charge is 0.316 e. The van der Waals surface area contributed by atoms with Gasteiger partial charge in [-0.3, -0.25) is 0 Å². The van der Waals surface area contributed by atoms with Crippen LogP contribution >= 0.6 is 0 Å². The number of fused-ring (bicyclic) bond motifs is 1. The molecule has 23 heavy (non-hydrogen) atoms. The minimum Gasteiger partial charge on any atom is -0.316 e. The Morgan fingerprint density at radius 2 is 2.04 bits per heavy atom. The van der Waals surface area contributed by atoms with Crippen molar-refractivity contribution in [3.63, 3.8) is 0 Å². The monoisotopic (exact) mass is 311 g/mol. The SMILES string of the molecule is Fc1ccc2cc([C@@H]([C@@H]3CCCNC3)n3cnnn3)ccc2c1. The number of hydrogen-bond acceptors (Lipinski definition) is 4. The number of tetrazole rings is 1. The molecule has 2 aromatic carbocycles. The normalized spacial score (nSPS) is 19.8. The van der Waals surface area contributed by atoms with Crippen LogP contribution in [0.2, 0.25) is 0 Å². The van der Waals surface area contributed by atoms with Gasteiger partial charge >= 0.3 is 0 Å². The van der Waals surface area contributed by atoms with Gasteiger partial charge in [-0.05, 0) is 70.3 Å². The fourth-order valence-corrected chi connectivity index (χ4v) is 3.50. The summed E-state index contributed by atoms with van der Waals surface area (Å²) in [6, 6.07) is 11.1. The van der Waals surface area contributed by atoms with E-state index in [0.717, 1.165) is 42.3 Å². The molecule has 4 rings (SSSR count). The number of halogens is 1. The van der Waals surface area contributed by atoms with E-state index < -0.39 is 0 Å². The molecule has 1 aliphatic heterocycles. The number of benzene rings is 2. The van der Waals surface area contributed by atoms with Crippen LogP contribution in [0.4, 0.5) is 4.39 Å². The van der Waals surface area contributed by atoms with Gasteiger partial charge in [0, 0.05) is 6.54 Å². The molecule has 0 aliphatic carbocycles. The average Bonchev–Trinajstić information content (AvgIpc) is 3.10. The van der Waals surface area contributed by atoms with Gasteiger partial charge in [0.2, 0.25) is 0 Å². The topological polar surface area (TPSA) is 55.6 Å². The van der Waals surface area contributed by atoms with Crippen molar-refractivity contribution in [2.24, 2.45) is 5.92 Å². The zero-order valence-corrected chi connectivity index (χ0v) is 12.7. The van der Waals surface area contributed by atoms with E-state index in [4.69, 9.17) is 0 Å². The van der Waals surface area contributed by atoms with Crippen LogP contribution in [0, 0.1) is 11.7 Å². The molecule has 118 valence electrons. The third-order valence-corrected chi connectivity index (χ3v) is 4.60. The van der Waals surface area contributed by atoms with Gasteiger partial charge in [-0.15, -0.1) is 5.10 Å². The lowest BCUT2D eigenvalue weighted by Gasteiger charge is -2.30. The maximum absolute atomic E-state index is 13.4. The number of aromatic nitrogens is 4. The van der Waals surface area contributed by atoms with E-state index >= 15 is 0 Å². The predicted octanol–water partition coefficient (Wildman–Crippen LogP) is 2.55. The highest BCUT2D eigenvalue weighted by atomic mass is 19.1. The van der Waals surface area contributed by atoms with Gasteiger partial charge in [0.25, 0.3) is 0 Å². The fourth-order valence-electron chi connectivity index (χ4n) is 3.50. The van der Waals surface area contributed by atoms with Gasteiger partial charge in [0.15, 0.2) is 0 Å². The third kappa shape index (κ3) is 2.82. The van der Waals surface area contributed by atoms with Gasteiger partial charge in [-0.1, -0.05) is 18.2 Å². The first kappa shape index (κ1) is 14.3. The van der Waals surface area contributed by atoms with Gasteiger partial charge in [-0.2, -0.15) is 0 Å². The predicted molar refractivity (Wildman–Crippen MR) is 85.5 cm³/mol. The Morgan fingerprint density at radius 3 is 2.83 bits per heavy atom. The Labute approximate surface area is 133 Å². The van der Waals surface area contributed by atoms with E-state index in [1.165, 1.54) is 6.07 Å². The van der Waals surface area contributed by atoms with E-state index in [-0.39, 0.29) is 11.9 Å². The zero-order valence-electron chi connectivity index (χ0n) is 12.7. The quantitative estimate of drug-likeness (QED) is 0.807. The van der Waals surface area contributed by atoms with Crippen LogP contribution in [0.25, 0.3) is 10.8 Å². The molecular formula is C17H18FN5. The highest BCUT2D eigenvalue weighted by Gasteiger charge is 2.27. The molecule has 1 N–H and O–H groups in total. The molecular weight excluding hydrogens is 293 g/mol. The van der Waals surface area contributed by atoms with Crippen molar-refractivity contribution in [1.29, 1.82) is 0 Å². The second-order valence-electron chi connectivity index (χ2n) is 6.09. The number of rotatable bonds is 3. The molecule has 0 bridgehead atoms. The van der Waals surface area contributed by atoms with Crippen molar-refractivity contribution in [1.82, 2.24) is 25.5 Å². The Morgan fingerprint density at radius 1 is 1.17 bits per heavy atom. The summed E-state index contributed by atoms with van der Waals surface area (Å²) in [5, 5.41) is 17.1. The highest BCUT2D eigenvalue weighted by molar-refractivity contribution is 5.83. The molecule has 6 heteroatoms. The van der Waals surface area contributed by atoms with E-state index in [9.17, 15) is 4.39 Å². The summed E-state index contributed by atoms with van der Waals surface area (Å²) in [5.74, 6) is 0.226. The van der Waals surface area contributed by atoms with Crippen LogP contribution in [0.15, 0.2) is 42.7 Å². The van der Waals surface area contributed by atoms with E-state index in [1.807, 2.05) is 16.8 Å². The van der Waals surface area contributed by atoms with E-state index in [1.54, 1.807) is 12.4 Å². The van der Waals surface area contributed by atoms with Crippen molar-refractivity contribution >= 4 is 10.8 Å². The molecule has 0 unspecified atom stereocenters. The minimum absolute atomic E-state index is 0.0900.